The molecule has 150 valence electrons. The molecule has 0 fully saturated rings. The van der Waals surface area contributed by atoms with E-state index < -0.39 is 18.0 Å². The maximum atomic E-state index is 12.6. The predicted molar refractivity (Wildman–Crippen MR) is 112 cm³/mol. The lowest BCUT2D eigenvalue weighted by Gasteiger charge is -2.15. The standard InChI is InChI=1S/C23H23NO5/c1-4-28-20-13-12-17(14-21(20)27-3)23(26)29-15(2)22(25)24-19-11-7-9-16-8-5-6-10-18(16)19/h5-15H,4H2,1-3H3,(H,24,25)/t15-/m0/s1. The smallest absolute Gasteiger partial charge is 0.339 e. The van der Waals surface area contributed by atoms with Gasteiger partial charge >= 0.3 is 5.97 Å². The Morgan fingerprint density at radius 2 is 1.76 bits per heavy atom. The molecule has 0 aliphatic heterocycles. The number of nitrogens with one attached hydrogen (secondary N) is 1. The minimum atomic E-state index is -0.973. The van der Waals surface area contributed by atoms with Gasteiger partial charge in [-0.25, -0.2) is 4.79 Å². The first-order valence-corrected chi connectivity index (χ1v) is 9.34. The Morgan fingerprint density at radius 1 is 1.00 bits per heavy atom. The Labute approximate surface area is 169 Å². The summed E-state index contributed by atoms with van der Waals surface area (Å²) in [5.41, 5.74) is 0.939. The Hall–Kier alpha value is -3.54. The van der Waals surface area contributed by atoms with E-state index in [-0.39, 0.29) is 5.56 Å². The number of ether oxygens (including phenoxy) is 3. The van der Waals surface area contributed by atoms with Crippen LogP contribution in [-0.2, 0) is 9.53 Å². The van der Waals surface area contributed by atoms with Gasteiger partial charge in [-0.3, -0.25) is 4.79 Å². The Kier molecular flexibility index (Phi) is 6.34. The number of amides is 1. The molecular weight excluding hydrogens is 370 g/mol. The van der Waals surface area contributed by atoms with E-state index in [0.29, 0.717) is 23.8 Å². The normalized spacial score (nSPS) is 11.6. The van der Waals surface area contributed by atoms with Crippen LogP contribution in [0.3, 0.4) is 0 Å². The van der Waals surface area contributed by atoms with Gasteiger partial charge in [0.05, 0.1) is 19.3 Å². The molecule has 3 rings (SSSR count). The second-order valence-electron chi connectivity index (χ2n) is 6.36. The summed E-state index contributed by atoms with van der Waals surface area (Å²) < 4.78 is 16.0. The van der Waals surface area contributed by atoms with Crippen LogP contribution >= 0.6 is 0 Å². The summed E-state index contributed by atoms with van der Waals surface area (Å²) in [4.78, 5) is 25.0. The van der Waals surface area contributed by atoms with E-state index in [2.05, 4.69) is 5.32 Å². The molecule has 1 N–H and O–H groups in total. The van der Waals surface area contributed by atoms with Crippen molar-refractivity contribution in [2.24, 2.45) is 0 Å². The monoisotopic (exact) mass is 393 g/mol. The molecule has 0 spiro atoms. The van der Waals surface area contributed by atoms with Gasteiger partial charge in [-0.15, -0.1) is 0 Å². The van der Waals surface area contributed by atoms with Gasteiger partial charge in [0.15, 0.2) is 17.6 Å². The number of rotatable bonds is 7. The zero-order valence-corrected chi connectivity index (χ0v) is 16.6. The molecule has 0 aromatic heterocycles. The minimum absolute atomic E-state index is 0.273. The van der Waals surface area contributed by atoms with Gasteiger partial charge in [0.1, 0.15) is 0 Å². The van der Waals surface area contributed by atoms with Crippen molar-refractivity contribution in [3.05, 3.63) is 66.2 Å². The highest BCUT2D eigenvalue weighted by molar-refractivity contribution is 6.04. The van der Waals surface area contributed by atoms with E-state index in [0.717, 1.165) is 10.8 Å². The van der Waals surface area contributed by atoms with Crippen LogP contribution in [0.4, 0.5) is 5.69 Å². The van der Waals surface area contributed by atoms with Gasteiger partial charge in [-0.2, -0.15) is 0 Å². The molecule has 0 unspecified atom stereocenters. The van der Waals surface area contributed by atoms with Crippen LogP contribution in [-0.4, -0.2) is 31.7 Å². The first-order chi connectivity index (χ1) is 14.0. The Morgan fingerprint density at radius 3 is 2.52 bits per heavy atom. The second-order valence-corrected chi connectivity index (χ2v) is 6.36. The molecule has 0 aliphatic carbocycles. The molecule has 1 atom stereocenters. The summed E-state index contributed by atoms with van der Waals surface area (Å²) in [5.74, 6) is -0.0676. The maximum Gasteiger partial charge on any atom is 0.339 e. The average Bonchev–Trinajstić information content (AvgIpc) is 2.74. The molecule has 6 heteroatoms. The number of fused-ring (bicyclic) bond motifs is 1. The topological polar surface area (TPSA) is 73.9 Å². The molecule has 29 heavy (non-hydrogen) atoms. The highest BCUT2D eigenvalue weighted by Gasteiger charge is 2.21. The molecule has 6 nitrogen and oxygen atoms in total. The molecule has 3 aromatic carbocycles. The molecule has 1 amide bonds. The summed E-state index contributed by atoms with van der Waals surface area (Å²) in [5, 5.41) is 4.75. The van der Waals surface area contributed by atoms with E-state index in [1.807, 2.05) is 49.4 Å². The average molecular weight is 393 g/mol. The van der Waals surface area contributed by atoms with E-state index in [1.165, 1.54) is 20.1 Å². The van der Waals surface area contributed by atoms with Gasteiger partial charge in [-0.1, -0.05) is 36.4 Å². The summed E-state index contributed by atoms with van der Waals surface area (Å²) in [6.45, 7) is 3.87. The van der Waals surface area contributed by atoms with Crippen molar-refractivity contribution >= 4 is 28.3 Å². The van der Waals surface area contributed by atoms with Crippen molar-refractivity contribution in [3.63, 3.8) is 0 Å². The highest BCUT2D eigenvalue weighted by Crippen LogP contribution is 2.28. The van der Waals surface area contributed by atoms with Crippen LogP contribution in [0.2, 0.25) is 0 Å². The molecular formula is C23H23NO5. The van der Waals surface area contributed by atoms with E-state index in [4.69, 9.17) is 14.2 Å². The van der Waals surface area contributed by atoms with E-state index >= 15 is 0 Å². The summed E-state index contributed by atoms with van der Waals surface area (Å²) in [7, 11) is 1.49. The SMILES string of the molecule is CCOc1ccc(C(=O)O[C@@H](C)C(=O)Nc2cccc3ccccc23)cc1OC. The number of methoxy groups -OCH3 is 1. The van der Waals surface area contributed by atoms with E-state index in [9.17, 15) is 9.59 Å². The summed E-state index contributed by atoms with van der Waals surface area (Å²) in [6, 6.07) is 18.1. The molecule has 0 saturated heterocycles. The number of anilines is 1. The minimum Gasteiger partial charge on any atom is -0.493 e. The zero-order valence-electron chi connectivity index (χ0n) is 16.6. The van der Waals surface area contributed by atoms with Gasteiger partial charge < -0.3 is 19.5 Å². The third-order valence-corrected chi connectivity index (χ3v) is 4.40. The number of hydrogen-bond donors (Lipinski definition) is 1. The first kappa shape index (κ1) is 20.2. The van der Waals surface area contributed by atoms with Crippen molar-refractivity contribution in [1.29, 1.82) is 0 Å². The fraction of sp³-hybridized carbons (Fsp3) is 0.217. The number of carbonyl (C=O) groups excluding carboxylic acids is 2. The van der Waals surface area contributed by atoms with Crippen LogP contribution in [0.15, 0.2) is 60.7 Å². The van der Waals surface area contributed by atoms with Crippen molar-refractivity contribution in [2.45, 2.75) is 20.0 Å². The quantitative estimate of drug-likeness (QED) is 0.601. The Balaban J connectivity index is 1.70. The van der Waals surface area contributed by atoms with Crippen molar-refractivity contribution in [3.8, 4) is 11.5 Å². The third-order valence-electron chi connectivity index (χ3n) is 4.40. The van der Waals surface area contributed by atoms with Gasteiger partial charge in [0.2, 0.25) is 0 Å². The van der Waals surface area contributed by atoms with Crippen LogP contribution in [0, 0.1) is 0 Å². The van der Waals surface area contributed by atoms with E-state index in [1.54, 1.807) is 12.1 Å². The van der Waals surface area contributed by atoms with Crippen LogP contribution < -0.4 is 14.8 Å². The summed E-state index contributed by atoms with van der Waals surface area (Å²) >= 11 is 0. The van der Waals surface area contributed by atoms with Crippen molar-refractivity contribution < 1.29 is 23.8 Å². The number of carbonyl (C=O) groups is 2. The van der Waals surface area contributed by atoms with Crippen molar-refractivity contribution in [2.75, 3.05) is 19.0 Å². The maximum absolute atomic E-state index is 12.6. The van der Waals surface area contributed by atoms with Crippen LogP contribution in [0.5, 0.6) is 11.5 Å². The van der Waals surface area contributed by atoms with Gasteiger partial charge in [0, 0.05) is 11.1 Å². The molecule has 0 aliphatic rings. The molecule has 0 heterocycles. The third kappa shape index (κ3) is 4.66. The van der Waals surface area contributed by atoms with Gasteiger partial charge in [-0.05, 0) is 43.5 Å². The Bertz CT molecular complexity index is 1030. The number of esters is 1. The zero-order chi connectivity index (χ0) is 20.8. The lowest BCUT2D eigenvalue weighted by molar-refractivity contribution is -0.123. The number of benzene rings is 3. The fourth-order valence-electron chi connectivity index (χ4n) is 2.92. The highest BCUT2D eigenvalue weighted by atomic mass is 16.5. The largest absolute Gasteiger partial charge is 0.493 e. The lowest BCUT2D eigenvalue weighted by atomic mass is 10.1. The molecule has 0 bridgehead atoms. The molecule has 3 aromatic rings. The molecule has 0 radical (unpaired) electrons. The lowest BCUT2D eigenvalue weighted by Crippen LogP contribution is -2.30. The first-order valence-electron chi connectivity index (χ1n) is 9.34. The fourth-order valence-corrected chi connectivity index (χ4v) is 2.92. The van der Waals surface area contributed by atoms with Crippen LogP contribution in [0.1, 0.15) is 24.2 Å². The van der Waals surface area contributed by atoms with Crippen LogP contribution in [0.25, 0.3) is 10.8 Å². The predicted octanol–water partition coefficient (Wildman–Crippen LogP) is 4.43. The van der Waals surface area contributed by atoms with Gasteiger partial charge in [0.25, 0.3) is 5.91 Å². The molecule has 0 saturated carbocycles. The number of hydrogen-bond acceptors (Lipinski definition) is 5. The summed E-state index contributed by atoms with van der Waals surface area (Å²) in [6.07, 6.45) is -0.973. The van der Waals surface area contributed by atoms with Crippen molar-refractivity contribution in [1.82, 2.24) is 0 Å². The second kappa shape index (κ2) is 9.10.